The average molecular weight is 398 g/mol. The van der Waals surface area contributed by atoms with Gasteiger partial charge in [-0.15, -0.1) is 0 Å². The summed E-state index contributed by atoms with van der Waals surface area (Å²) in [7, 11) is -3.50. The van der Waals surface area contributed by atoms with Gasteiger partial charge in [0.1, 0.15) is 0 Å². The highest BCUT2D eigenvalue weighted by Gasteiger charge is 2.31. The second kappa shape index (κ2) is 8.04. The smallest absolute Gasteiger partial charge is 0.243 e. The van der Waals surface area contributed by atoms with Crippen LogP contribution in [0.2, 0.25) is 0 Å². The van der Waals surface area contributed by atoms with Crippen LogP contribution in [0.15, 0.2) is 35.2 Å². The maximum Gasteiger partial charge on any atom is 0.243 e. The van der Waals surface area contributed by atoms with E-state index in [2.05, 4.69) is 17.0 Å². The molecule has 2 aromatic rings. The van der Waals surface area contributed by atoms with Gasteiger partial charge in [-0.25, -0.2) is 8.42 Å². The van der Waals surface area contributed by atoms with Crippen molar-refractivity contribution in [3.05, 3.63) is 63.7 Å². The lowest BCUT2D eigenvalue weighted by atomic mass is 10.0. The van der Waals surface area contributed by atoms with E-state index >= 15 is 0 Å². The third-order valence-corrected chi connectivity index (χ3v) is 7.89. The van der Waals surface area contributed by atoms with Gasteiger partial charge in [-0.05, 0) is 67.6 Å². The molecule has 1 heterocycles. The van der Waals surface area contributed by atoms with Crippen LogP contribution in [0.25, 0.3) is 0 Å². The predicted octanol–water partition coefficient (Wildman–Crippen LogP) is 3.30. The first-order valence-corrected chi connectivity index (χ1v) is 11.0. The number of rotatable bonds is 4. The lowest BCUT2D eigenvalue weighted by molar-refractivity contribution is 0.181. The zero-order valence-corrected chi connectivity index (χ0v) is 17.8. The Balaban J connectivity index is 1.73. The topological polar surface area (TPSA) is 64.4 Å². The number of sulfonamides is 1. The third kappa shape index (κ3) is 3.97. The number of piperazine rings is 1. The Morgan fingerprint density at radius 3 is 1.96 bits per heavy atom. The van der Waals surface area contributed by atoms with Gasteiger partial charge in [0.05, 0.1) is 16.5 Å². The summed E-state index contributed by atoms with van der Waals surface area (Å²) in [4.78, 5) is 2.74. The van der Waals surface area contributed by atoms with Gasteiger partial charge in [0.15, 0.2) is 0 Å². The van der Waals surface area contributed by atoms with Crippen molar-refractivity contribution in [3.8, 4) is 6.07 Å². The molecule has 0 atom stereocenters. The van der Waals surface area contributed by atoms with Gasteiger partial charge >= 0.3 is 0 Å². The van der Waals surface area contributed by atoms with Crippen molar-refractivity contribution in [3.63, 3.8) is 0 Å². The second-order valence-corrected chi connectivity index (χ2v) is 9.45. The molecule has 0 N–H and O–H groups in total. The van der Waals surface area contributed by atoms with E-state index in [1.54, 1.807) is 4.31 Å². The number of benzene rings is 2. The molecule has 0 unspecified atom stereocenters. The Kier molecular flexibility index (Phi) is 5.90. The minimum atomic E-state index is -3.50. The monoisotopic (exact) mass is 397 g/mol. The van der Waals surface area contributed by atoms with Crippen molar-refractivity contribution in [1.82, 2.24) is 9.21 Å². The zero-order valence-electron chi connectivity index (χ0n) is 17.0. The van der Waals surface area contributed by atoms with Gasteiger partial charge in [0.25, 0.3) is 0 Å². The van der Waals surface area contributed by atoms with Crippen molar-refractivity contribution in [2.45, 2.75) is 39.1 Å². The number of nitrogens with zero attached hydrogens (tertiary/aromatic N) is 3. The van der Waals surface area contributed by atoms with Crippen LogP contribution in [0.5, 0.6) is 0 Å². The average Bonchev–Trinajstić information content (AvgIpc) is 2.67. The van der Waals surface area contributed by atoms with Crippen molar-refractivity contribution in [1.29, 1.82) is 5.26 Å². The first-order chi connectivity index (χ1) is 13.2. The minimum Gasteiger partial charge on any atom is -0.296 e. The molecular weight excluding hydrogens is 370 g/mol. The molecule has 0 bridgehead atoms. The van der Waals surface area contributed by atoms with Gasteiger partial charge in [0.2, 0.25) is 10.0 Å². The fourth-order valence-corrected chi connectivity index (χ4v) is 5.77. The first-order valence-electron chi connectivity index (χ1n) is 9.53. The van der Waals surface area contributed by atoms with E-state index < -0.39 is 10.0 Å². The van der Waals surface area contributed by atoms with E-state index in [0.29, 0.717) is 36.6 Å². The summed E-state index contributed by atoms with van der Waals surface area (Å²) in [6, 6.07) is 11.7. The highest BCUT2D eigenvalue weighted by atomic mass is 32.2. The SMILES string of the molecule is Cc1cc(C)c(C)c(S(=O)(=O)N2CCN(Cc3ccc(C#N)cc3)CC2)c1C. The second-order valence-electron chi connectivity index (χ2n) is 7.58. The fourth-order valence-electron chi connectivity index (χ4n) is 3.77. The van der Waals surface area contributed by atoms with E-state index in [4.69, 9.17) is 5.26 Å². The number of nitriles is 1. The summed E-state index contributed by atoms with van der Waals surface area (Å²) in [5, 5.41) is 8.90. The summed E-state index contributed by atoms with van der Waals surface area (Å²) in [6.45, 7) is 10.9. The highest BCUT2D eigenvalue weighted by molar-refractivity contribution is 7.89. The standard InChI is InChI=1S/C22H27N3O2S/c1-16-13-17(2)19(4)22(18(16)3)28(26,27)25-11-9-24(10-12-25)15-21-7-5-20(14-23)6-8-21/h5-8,13H,9-12,15H2,1-4H3. The Morgan fingerprint density at radius 1 is 0.929 bits per heavy atom. The van der Waals surface area contributed by atoms with Gasteiger partial charge in [-0.1, -0.05) is 18.2 Å². The molecule has 1 fully saturated rings. The van der Waals surface area contributed by atoms with Gasteiger partial charge < -0.3 is 0 Å². The molecule has 1 aliphatic rings. The van der Waals surface area contributed by atoms with Gasteiger partial charge in [0, 0.05) is 32.7 Å². The van der Waals surface area contributed by atoms with Crippen LogP contribution in [-0.4, -0.2) is 43.8 Å². The minimum absolute atomic E-state index is 0.477. The van der Waals surface area contributed by atoms with Crippen molar-refractivity contribution in [2.75, 3.05) is 26.2 Å². The summed E-state index contributed by atoms with van der Waals surface area (Å²) in [5.74, 6) is 0. The van der Waals surface area contributed by atoms with Crippen molar-refractivity contribution in [2.24, 2.45) is 0 Å². The molecule has 0 spiro atoms. The van der Waals surface area contributed by atoms with Crippen LogP contribution in [0.4, 0.5) is 0 Å². The predicted molar refractivity (Wildman–Crippen MR) is 111 cm³/mol. The quantitative estimate of drug-likeness (QED) is 0.794. The van der Waals surface area contributed by atoms with Crippen molar-refractivity contribution >= 4 is 10.0 Å². The molecule has 2 aromatic carbocycles. The van der Waals surface area contributed by atoms with Crippen LogP contribution in [0.1, 0.15) is 33.4 Å². The molecule has 1 aliphatic heterocycles. The first kappa shape index (κ1) is 20.5. The van der Waals surface area contributed by atoms with E-state index in [1.807, 2.05) is 52.0 Å². The zero-order chi connectivity index (χ0) is 20.5. The lowest BCUT2D eigenvalue weighted by Gasteiger charge is -2.34. The Labute approximate surface area is 168 Å². The summed E-state index contributed by atoms with van der Waals surface area (Å²) in [6.07, 6.45) is 0. The molecular formula is C22H27N3O2S. The molecule has 0 saturated carbocycles. The van der Waals surface area contributed by atoms with Crippen LogP contribution in [0, 0.1) is 39.0 Å². The maximum absolute atomic E-state index is 13.3. The molecule has 6 heteroatoms. The van der Waals surface area contributed by atoms with Crippen LogP contribution in [0.3, 0.4) is 0 Å². The summed E-state index contributed by atoms with van der Waals surface area (Å²) in [5.41, 5.74) is 5.52. The molecule has 3 rings (SSSR count). The molecule has 5 nitrogen and oxygen atoms in total. The Hall–Kier alpha value is -2.20. The molecule has 0 radical (unpaired) electrons. The summed E-state index contributed by atoms with van der Waals surface area (Å²) >= 11 is 0. The number of hydrogen-bond acceptors (Lipinski definition) is 4. The number of hydrogen-bond donors (Lipinski definition) is 0. The molecule has 148 valence electrons. The molecule has 28 heavy (non-hydrogen) atoms. The van der Waals surface area contributed by atoms with Gasteiger partial charge in [-0.3, -0.25) is 4.90 Å². The van der Waals surface area contributed by atoms with Crippen molar-refractivity contribution < 1.29 is 8.42 Å². The van der Waals surface area contributed by atoms with Gasteiger partial charge in [-0.2, -0.15) is 9.57 Å². The molecule has 0 aliphatic carbocycles. The van der Waals surface area contributed by atoms with Crippen LogP contribution >= 0.6 is 0 Å². The highest BCUT2D eigenvalue weighted by Crippen LogP contribution is 2.29. The van der Waals surface area contributed by atoms with E-state index in [9.17, 15) is 8.42 Å². The molecule has 0 amide bonds. The third-order valence-electron chi connectivity index (χ3n) is 5.72. The van der Waals surface area contributed by atoms with E-state index in [-0.39, 0.29) is 0 Å². The maximum atomic E-state index is 13.3. The van der Waals surface area contributed by atoms with E-state index in [0.717, 1.165) is 34.4 Å². The molecule has 0 aromatic heterocycles. The van der Waals surface area contributed by atoms with E-state index in [1.165, 1.54) is 0 Å². The Morgan fingerprint density at radius 2 is 1.46 bits per heavy atom. The normalized spacial score (nSPS) is 16.1. The van der Waals surface area contributed by atoms with Crippen LogP contribution < -0.4 is 0 Å². The number of aryl methyl sites for hydroxylation is 2. The molecule has 1 saturated heterocycles. The van der Waals surface area contributed by atoms with Crippen LogP contribution in [-0.2, 0) is 16.6 Å². The Bertz CT molecular complexity index is 987. The largest absolute Gasteiger partial charge is 0.296 e. The summed E-state index contributed by atoms with van der Waals surface area (Å²) < 4.78 is 28.3. The lowest BCUT2D eigenvalue weighted by Crippen LogP contribution is -2.48. The fraction of sp³-hybridized carbons (Fsp3) is 0.409.